The summed E-state index contributed by atoms with van der Waals surface area (Å²) in [6, 6.07) is 16.7. The van der Waals surface area contributed by atoms with Crippen LogP contribution in [0.3, 0.4) is 0 Å². The molecule has 0 heterocycles. The number of carbonyl (C=O) groups is 1. The second kappa shape index (κ2) is 11.1. The molecular formula is C24H22Cl2FNO4S. The van der Waals surface area contributed by atoms with Gasteiger partial charge < -0.3 is 10.4 Å². The second-order valence-corrected chi connectivity index (χ2v) is 10.5. The van der Waals surface area contributed by atoms with Crippen molar-refractivity contribution in [2.75, 3.05) is 12.3 Å². The molecular weight excluding hydrogens is 488 g/mol. The molecule has 0 aliphatic carbocycles. The van der Waals surface area contributed by atoms with E-state index in [-0.39, 0.29) is 45.9 Å². The van der Waals surface area contributed by atoms with Crippen molar-refractivity contribution < 1.29 is 22.7 Å². The molecule has 0 aliphatic rings. The maximum Gasteiger partial charge on any atom is 0.321 e. The van der Waals surface area contributed by atoms with E-state index >= 15 is 0 Å². The zero-order chi connectivity index (χ0) is 24.0. The predicted molar refractivity (Wildman–Crippen MR) is 128 cm³/mol. The summed E-state index contributed by atoms with van der Waals surface area (Å²) in [5, 5.41) is 12.9. The van der Waals surface area contributed by atoms with Crippen molar-refractivity contribution in [3.05, 3.63) is 88.2 Å². The van der Waals surface area contributed by atoms with Crippen molar-refractivity contribution in [3.8, 4) is 11.1 Å². The first-order valence-corrected chi connectivity index (χ1v) is 12.5. The largest absolute Gasteiger partial charge is 0.480 e. The van der Waals surface area contributed by atoms with Gasteiger partial charge >= 0.3 is 5.97 Å². The standard InChI is InChI=1S/C24H22Cl2FNO4S/c25-19-13-20(26)15-22(14-19)33(31,32)11-1-10-28-23(24(29)30)12-16-2-4-17(5-3-16)18-6-8-21(27)9-7-18/h2-9,13-15,23,28H,1,10-12H2,(H,29,30)/t23-/m0/s1. The second-order valence-electron chi connectivity index (χ2n) is 7.53. The van der Waals surface area contributed by atoms with E-state index in [9.17, 15) is 22.7 Å². The normalized spacial score (nSPS) is 12.5. The predicted octanol–water partition coefficient (Wildman–Crippen LogP) is 5.25. The number of aliphatic carboxylic acids is 1. The minimum atomic E-state index is -3.60. The highest BCUT2D eigenvalue weighted by atomic mass is 35.5. The molecule has 0 spiro atoms. The summed E-state index contributed by atoms with van der Waals surface area (Å²) in [5.74, 6) is -1.51. The molecule has 9 heteroatoms. The molecule has 3 aromatic rings. The maximum absolute atomic E-state index is 13.1. The van der Waals surface area contributed by atoms with Gasteiger partial charge in [0.05, 0.1) is 10.6 Å². The Bertz CT molecular complexity index is 1200. The minimum Gasteiger partial charge on any atom is -0.480 e. The molecule has 0 amide bonds. The van der Waals surface area contributed by atoms with Crippen LogP contribution in [0.5, 0.6) is 0 Å². The fourth-order valence-corrected chi connectivity index (χ4v) is 5.35. The Morgan fingerprint density at radius 3 is 2.03 bits per heavy atom. The van der Waals surface area contributed by atoms with Gasteiger partial charge in [-0.3, -0.25) is 4.79 Å². The molecule has 0 bridgehead atoms. The van der Waals surface area contributed by atoms with Crippen LogP contribution in [0, 0.1) is 5.82 Å². The third kappa shape index (κ3) is 7.27. The number of rotatable bonds is 10. The van der Waals surface area contributed by atoms with E-state index in [4.69, 9.17) is 23.2 Å². The van der Waals surface area contributed by atoms with Gasteiger partial charge in [0.2, 0.25) is 0 Å². The van der Waals surface area contributed by atoms with Crippen LogP contribution in [-0.2, 0) is 21.1 Å². The van der Waals surface area contributed by atoms with Crippen LogP contribution < -0.4 is 5.32 Å². The quantitative estimate of drug-likeness (QED) is 0.364. The summed E-state index contributed by atoms with van der Waals surface area (Å²) >= 11 is 11.8. The van der Waals surface area contributed by atoms with Gasteiger partial charge in [-0.05, 0) is 66.4 Å². The molecule has 1 atom stereocenters. The van der Waals surface area contributed by atoms with E-state index in [0.717, 1.165) is 16.7 Å². The van der Waals surface area contributed by atoms with Crippen molar-refractivity contribution in [1.82, 2.24) is 5.32 Å². The van der Waals surface area contributed by atoms with Crippen molar-refractivity contribution in [2.24, 2.45) is 0 Å². The fourth-order valence-electron chi connectivity index (χ4n) is 3.32. The molecule has 3 aromatic carbocycles. The molecule has 0 saturated heterocycles. The van der Waals surface area contributed by atoms with E-state index in [2.05, 4.69) is 5.32 Å². The number of hydrogen-bond acceptors (Lipinski definition) is 4. The molecule has 174 valence electrons. The Balaban J connectivity index is 1.55. The maximum atomic E-state index is 13.1. The highest BCUT2D eigenvalue weighted by Gasteiger charge is 2.19. The van der Waals surface area contributed by atoms with Gasteiger partial charge in [0.1, 0.15) is 11.9 Å². The summed E-state index contributed by atoms with van der Waals surface area (Å²) in [6.45, 7) is 0.207. The number of halogens is 3. The smallest absolute Gasteiger partial charge is 0.321 e. The highest BCUT2D eigenvalue weighted by molar-refractivity contribution is 7.91. The summed E-state index contributed by atoms with van der Waals surface area (Å²) in [4.78, 5) is 11.7. The summed E-state index contributed by atoms with van der Waals surface area (Å²) < 4.78 is 38.1. The number of hydrogen-bond donors (Lipinski definition) is 2. The van der Waals surface area contributed by atoms with Crippen molar-refractivity contribution >= 4 is 39.0 Å². The molecule has 0 radical (unpaired) electrons. The average Bonchev–Trinajstić information content (AvgIpc) is 2.76. The number of sulfone groups is 1. The number of carboxylic acids is 1. The Kier molecular flexibility index (Phi) is 8.48. The van der Waals surface area contributed by atoms with Gasteiger partial charge in [-0.1, -0.05) is 59.6 Å². The summed E-state index contributed by atoms with van der Waals surface area (Å²) in [5.41, 5.74) is 2.56. The van der Waals surface area contributed by atoms with Gasteiger partial charge in [-0.2, -0.15) is 0 Å². The van der Waals surface area contributed by atoms with Gasteiger partial charge in [0, 0.05) is 10.0 Å². The third-order valence-corrected chi connectivity index (χ3v) is 7.26. The van der Waals surface area contributed by atoms with Crippen molar-refractivity contribution in [2.45, 2.75) is 23.8 Å². The van der Waals surface area contributed by atoms with Crippen LogP contribution in [0.25, 0.3) is 11.1 Å². The lowest BCUT2D eigenvalue weighted by molar-refractivity contribution is -0.139. The Morgan fingerprint density at radius 2 is 1.48 bits per heavy atom. The molecule has 0 aliphatic heterocycles. The lowest BCUT2D eigenvalue weighted by atomic mass is 10.0. The molecule has 5 nitrogen and oxygen atoms in total. The SMILES string of the molecule is O=C(O)[C@H](Cc1ccc(-c2ccc(F)cc2)cc1)NCCCS(=O)(=O)c1cc(Cl)cc(Cl)c1. The molecule has 0 aromatic heterocycles. The number of benzene rings is 3. The topological polar surface area (TPSA) is 83.5 Å². The van der Waals surface area contributed by atoms with Crippen molar-refractivity contribution in [1.29, 1.82) is 0 Å². The zero-order valence-corrected chi connectivity index (χ0v) is 19.8. The van der Waals surface area contributed by atoms with Crippen LogP contribution >= 0.6 is 23.2 Å². The Hall–Kier alpha value is -2.45. The molecule has 2 N–H and O–H groups in total. The molecule has 33 heavy (non-hydrogen) atoms. The summed E-state index contributed by atoms with van der Waals surface area (Å²) in [7, 11) is -3.60. The first kappa shape index (κ1) is 25.2. The molecule has 0 unspecified atom stereocenters. The first-order chi connectivity index (χ1) is 15.6. The molecule has 3 rings (SSSR count). The summed E-state index contributed by atoms with van der Waals surface area (Å²) in [6.07, 6.45) is 0.454. The van der Waals surface area contributed by atoms with E-state index in [1.54, 1.807) is 12.1 Å². The Labute approximate surface area is 202 Å². The Morgan fingerprint density at radius 1 is 0.939 bits per heavy atom. The van der Waals surface area contributed by atoms with Gasteiger partial charge in [-0.15, -0.1) is 0 Å². The highest BCUT2D eigenvalue weighted by Crippen LogP contribution is 2.23. The average molecular weight is 510 g/mol. The van der Waals surface area contributed by atoms with Gasteiger partial charge in [-0.25, -0.2) is 12.8 Å². The lowest BCUT2D eigenvalue weighted by Gasteiger charge is -2.15. The van der Waals surface area contributed by atoms with Crippen LogP contribution in [0.1, 0.15) is 12.0 Å². The van der Waals surface area contributed by atoms with Gasteiger partial charge in [0.15, 0.2) is 9.84 Å². The number of carboxylic acid groups (broad SMARTS) is 1. The first-order valence-electron chi connectivity index (χ1n) is 10.1. The van der Waals surface area contributed by atoms with Crippen LogP contribution in [0.15, 0.2) is 71.6 Å². The number of nitrogens with one attached hydrogen (secondary N) is 1. The van der Waals surface area contributed by atoms with E-state index in [1.165, 1.54) is 30.3 Å². The fraction of sp³-hybridized carbons (Fsp3) is 0.208. The molecule has 0 fully saturated rings. The van der Waals surface area contributed by atoms with Gasteiger partial charge in [0.25, 0.3) is 0 Å². The minimum absolute atomic E-state index is 0.0380. The third-order valence-electron chi connectivity index (χ3n) is 5.05. The van der Waals surface area contributed by atoms with E-state index in [0.29, 0.717) is 0 Å². The molecule has 0 saturated carbocycles. The van der Waals surface area contributed by atoms with Crippen molar-refractivity contribution in [3.63, 3.8) is 0 Å². The lowest BCUT2D eigenvalue weighted by Crippen LogP contribution is -2.39. The monoisotopic (exact) mass is 509 g/mol. The van der Waals surface area contributed by atoms with Crippen LogP contribution in [0.4, 0.5) is 4.39 Å². The van der Waals surface area contributed by atoms with Crippen LogP contribution in [0.2, 0.25) is 10.0 Å². The zero-order valence-electron chi connectivity index (χ0n) is 17.5. The van der Waals surface area contributed by atoms with Crippen LogP contribution in [-0.4, -0.2) is 37.8 Å². The van der Waals surface area contributed by atoms with E-state index in [1.807, 2.05) is 24.3 Å². The van der Waals surface area contributed by atoms with E-state index < -0.39 is 21.8 Å².